The topological polar surface area (TPSA) is 32.7 Å². The molecule has 1 atom stereocenters. The van der Waals surface area contributed by atoms with Gasteiger partial charge in [0.25, 0.3) is 0 Å². The van der Waals surface area contributed by atoms with Crippen LogP contribution in [0.25, 0.3) is 0 Å². The number of ether oxygens (including phenoxy) is 1. The molecule has 0 radical (unpaired) electrons. The van der Waals surface area contributed by atoms with Crippen LogP contribution in [0, 0.1) is 5.41 Å². The molecule has 0 bridgehead atoms. The van der Waals surface area contributed by atoms with Gasteiger partial charge in [-0.3, -0.25) is 0 Å². The third kappa shape index (κ3) is 5.28. The van der Waals surface area contributed by atoms with E-state index in [4.69, 9.17) is 4.74 Å². The first-order valence-corrected chi connectivity index (χ1v) is 6.22. The fourth-order valence-electron chi connectivity index (χ4n) is 2.08. The first-order valence-electron chi connectivity index (χ1n) is 6.22. The number of likely N-dealkylation sites (tertiary alicyclic amines) is 1. The van der Waals surface area contributed by atoms with Crippen LogP contribution in [-0.4, -0.2) is 48.0 Å². The Morgan fingerprint density at radius 3 is 2.44 bits per heavy atom. The minimum Gasteiger partial charge on any atom is -0.389 e. The number of aliphatic hydroxyl groups excluding tert-OH is 1. The number of hydrogen-bond donors (Lipinski definition) is 1. The van der Waals surface area contributed by atoms with E-state index in [1.807, 2.05) is 20.8 Å². The van der Waals surface area contributed by atoms with Gasteiger partial charge in [0.05, 0.1) is 18.3 Å². The van der Waals surface area contributed by atoms with E-state index in [1.54, 1.807) is 0 Å². The third-order valence-corrected chi connectivity index (χ3v) is 2.93. The zero-order valence-corrected chi connectivity index (χ0v) is 11.4. The van der Waals surface area contributed by atoms with Gasteiger partial charge in [0.15, 0.2) is 0 Å². The molecule has 3 nitrogen and oxygen atoms in total. The highest BCUT2D eigenvalue weighted by molar-refractivity contribution is 4.83. The van der Waals surface area contributed by atoms with Crippen molar-refractivity contribution in [2.24, 2.45) is 5.41 Å². The van der Waals surface area contributed by atoms with Crippen molar-refractivity contribution < 1.29 is 9.84 Å². The third-order valence-electron chi connectivity index (χ3n) is 2.93. The van der Waals surface area contributed by atoms with Crippen molar-refractivity contribution in [1.82, 2.24) is 4.90 Å². The Morgan fingerprint density at radius 1 is 1.38 bits per heavy atom. The standard InChI is InChI=1S/C13H27NO2/c1-12(2,3)16-9-11(15)8-14-7-6-13(4,5)10-14/h11,15H,6-10H2,1-5H3. The lowest BCUT2D eigenvalue weighted by Crippen LogP contribution is -2.36. The minimum atomic E-state index is -0.367. The van der Waals surface area contributed by atoms with Gasteiger partial charge in [-0.2, -0.15) is 0 Å². The lowest BCUT2D eigenvalue weighted by atomic mass is 9.93. The van der Waals surface area contributed by atoms with Gasteiger partial charge >= 0.3 is 0 Å². The van der Waals surface area contributed by atoms with Gasteiger partial charge in [-0.1, -0.05) is 13.8 Å². The van der Waals surface area contributed by atoms with E-state index in [2.05, 4.69) is 18.7 Å². The molecule has 1 N–H and O–H groups in total. The van der Waals surface area contributed by atoms with Gasteiger partial charge < -0.3 is 14.7 Å². The van der Waals surface area contributed by atoms with Crippen LogP contribution < -0.4 is 0 Å². The SMILES string of the molecule is CC1(C)CCN(CC(O)COC(C)(C)C)C1. The second kappa shape index (κ2) is 5.03. The molecule has 1 saturated heterocycles. The lowest BCUT2D eigenvalue weighted by molar-refractivity contribution is -0.0552. The number of hydrogen-bond acceptors (Lipinski definition) is 3. The normalized spacial score (nSPS) is 23.6. The van der Waals surface area contributed by atoms with Crippen molar-refractivity contribution in [3.8, 4) is 0 Å². The Hall–Kier alpha value is -0.120. The Balaban J connectivity index is 2.23. The molecule has 1 rings (SSSR count). The van der Waals surface area contributed by atoms with E-state index in [1.165, 1.54) is 6.42 Å². The quantitative estimate of drug-likeness (QED) is 0.799. The molecule has 3 heteroatoms. The fourth-order valence-corrected chi connectivity index (χ4v) is 2.08. The van der Waals surface area contributed by atoms with Gasteiger partial charge in [0.2, 0.25) is 0 Å². The van der Waals surface area contributed by atoms with E-state index in [-0.39, 0.29) is 11.7 Å². The van der Waals surface area contributed by atoms with Crippen molar-refractivity contribution >= 4 is 0 Å². The Kier molecular flexibility index (Phi) is 4.38. The lowest BCUT2D eigenvalue weighted by Gasteiger charge is -2.25. The van der Waals surface area contributed by atoms with E-state index in [9.17, 15) is 5.11 Å². The molecule has 0 saturated carbocycles. The average Bonchev–Trinajstić information content (AvgIpc) is 2.41. The molecule has 1 aliphatic rings. The van der Waals surface area contributed by atoms with Crippen molar-refractivity contribution in [3.05, 3.63) is 0 Å². The zero-order valence-electron chi connectivity index (χ0n) is 11.4. The molecule has 0 spiro atoms. The van der Waals surface area contributed by atoms with Gasteiger partial charge in [-0.15, -0.1) is 0 Å². The van der Waals surface area contributed by atoms with Crippen molar-refractivity contribution in [3.63, 3.8) is 0 Å². The summed E-state index contributed by atoms with van der Waals surface area (Å²) in [6, 6.07) is 0. The van der Waals surface area contributed by atoms with E-state index < -0.39 is 0 Å². The summed E-state index contributed by atoms with van der Waals surface area (Å²) in [5.41, 5.74) is 0.246. The minimum absolute atomic E-state index is 0.161. The maximum Gasteiger partial charge on any atom is 0.0900 e. The maximum absolute atomic E-state index is 9.88. The average molecular weight is 229 g/mol. The van der Waals surface area contributed by atoms with Crippen LogP contribution in [0.5, 0.6) is 0 Å². The maximum atomic E-state index is 9.88. The molecule has 0 aromatic carbocycles. The molecule has 1 fully saturated rings. The van der Waals surface area contributed by atoms with E-state index in [0.717, 1.165) is 19.6 Å². The van der Waals surface area contributed by atoms with Crippen LogP contribution in [-0.2, 0) is 4.74 Å². The molecule has 1 heterocycles. The van der Waals surface area contributed by atoms with Gasteiger partial charge in [0.1, 0.15) is 0 Å². The molecule has 96 valence electrons. The second-order valence-corrected chi connectivity index (χ2v) is 6.73. The van der Waals surface area contributed by atoms with Gasteiger partial charge in [0, 0.05) is 13.1 Å². The monoisotopic (exact) mass is 229 g/mol. The largest absolute Gasteiger partial charge is 0.389 e. The summed E-state index contributed by atoms with van der Waals surface area (Å²) >= 11 is 0. The molecular weight excluding hydrogens is 202 g/mol. The van der Waals surface area contributed by atoms with Crippen LogP contribution in [0.1, 0.15) is 41.0 Å². The van der Waals surface area contributed by atoms with Crippen LogP contribution in [0.2, 0.25) is 0 Å². The second-order valence-electron chi connectivity index (χ2n) is 6.73. The number of rotatable bonds is 4. The van der Waals surface area contributed by atoms with E-state index >= 15 is 0 Å². The van der Waals surface area contributed by atoms with Crippen molar-refractivity contribution in [2.45, 2.75) is 52.7 Å². The Morgan fingerprint density at radius 2 is 2.00 bits per heavy atom. The number of β-amino-alcohol motifs (C(OH)–C–C–N with tert-alkyl or cyclic N) is 1. The summed E-state index contributed by atoms with van der Waals surface area (Å²) in [7, 11) is 0. The molecular formula is C13H27NO2. The molecule has 0 aliphatic carbocycles. The predicted octanol–water partition coefficient (Wildman–Crippen LogP) is 1.89. The zero-order chi connectivity index (χ0) is 12.4. The van der Waals surface area contributed by atoms with Crippen LogP contribution in [0.4, 0.5) is 0 Å². The summed E-state index contributed by atoms with van der Waals surface area (Å²) < 4.78 is 5.58. The molecule has 0 amide bonds. The highest BCUT2D eigenvalue weighted by Crippen LogP contribution is 2.28. The Bertz CT molecular complexity index is 220. The highest BCUT2D eigenvalue weighted by atomic mass is 16.5. The summed E-state index contributed by atoms with van der Waals surface area (Å²) in [4.78, 5) is 2.33. The van der Waals surface area contributed by atoms with Gasteiger partial charge in [-0.25, -0.2) is 0 Å². The molecule has 0 aromatic rings. The molecule has 1 aliphatic heterocycles. The molecule has 1 unspecified atom stereocenters. The van der Waals surface area contributed by atoms with Crippen molar-refractivity contribution in [1.29, 1.82) is 0 Å². The van der Waals surface area contributed by atoms with Crippen molar-refractivity contribution in [2.75, 3.05) is 26.2 Å². The molecule has 0 aromatic heterocycles. The van der Waals surface area contributed by atoms with Crippen LogP contribution in [0.3, 0.4) is 0 Å². The summed E-state index contributed by atoms with van der Waals surface area (Å²) in [5.74, 6) is 0. The fraction of sp³-hybridized carbons (Fsp3) is 1.00. The first-order chi connectivity index (χ1) is 7.18. The summed E-state index contributed by atoms with van der Waals surface area (Å²) in [5, 5.41) is 9.88. The molecule has 16 heavy (non-hydrogen) atoms. The summed E-state index contributed by atoms with van der Waals surface area (Å²) in [6.45, 7) is 13.9. The van der Waals surface area contributed by atoms with Gasteiger partial charge in [-0.05, 0) is 39.2 Å². The smallest absolute Gasteiger partial charge is 0.0900 e. The summed E-state index contributed by atoms with van der Waals surface area (Å²) in [6.07, 6.45) is 0.855. The highest BCUT2D eigenvalue weighted by Gasteiger charge is 2.30. The van der Waals surface area contributed by atoms with Crippen LogP contribution >= 0.6 is 0 Å². The predicted molar refractivity (Wildman–Crippen MR) is 66.5 cm³/mol. The number of aliphatic hydroxyl groups is 1. The Labute approximate surface area is 99.8 Å². The number of nitrogens with zero attached hydrogens (tertiary/aromatic N) is 1. The van der Waals surface area contributed by atoms with Crippen LogP contribution in [0.15, 0.2) is 0 Å². The first kappa shape index (κ1) is 13.9. The van der Waals surface area contributed by atoms with E-state index in [0.29, 0.717) is 12.0 Å².